The average molecular weight is 292 g/mol. The zero-order valence-corrected chi connectivity index (χ0v) is 11.9. The highest BCUT2D eigenvalue weighted by Crippen LogP contribution is 2.31. The lowest BCUT2D eigenvalue weighted by molar-refractivity contribution is 0.0859. The van der Waals surface area contributed by atoms with Crippen LogP contribution < -0.4 is 5.32 Å². The molecule has 1 aliphatic carbocycles. The first-order valence-electron chi connectivity index (χ1n) is 7.37. The molecule has 0 aliphatic heterocycles. The molecule has 0 radical (unpaired) electrons. The van der Waals surface area contributed by atoms with Gasteiger partial charge in [0.15, 0.2) is 0 Å². The number of fused-ring (bicyclic) bond motifs is 2. The van der Waals surface area contributed by atoms with Crippen LogP contribution in [0.2, 0.25) is 0 Å². The standard InChI is InChI=1S/C18H16N2O2/c21-15-10-12-4-1-2-6-13(12)17(15)20-18(22)14-7-3-5-11-8-9-19-16(11)14/h1-9,15,17,19,21H,10H2,(H,20,22). The minimum atomic E-state index is -0.579. The van der Waals surface area contributed by atoms with Crippen LogP contribution in [0.4, 0.5) is 0 Å². The molecule has 22 heavy (non-hydrogen) atoms. The quantitative estimate of drug-likeness (QED) is 0.679. The van der Waals surface area contributed by atoms with Crippen LogP contribution in [0.3, 0.4) is 0 Å². The Balaban J connectivity index is 1.66. The summed E-state index contributed by atoms with van der Waals surface area (Å²) in [5.74, 6) is -0.172. The van der Waals surface area contributed by atoms with E-state index in [-0.39, 0.29) is 11.9 Å². The summed E-state index contributed by atoms with van der Waals surface area (Å²) in [5.41, 5.74) is 3.51. The Morgan fingerprint density at radius 2 is 2.00 bits per heavy atom. The molecule has 110 valence electrons. The van der Waals surface area contributed by atoms with E-state index in [1.165, 1.54) is 0 Å². The number of aliphatic hydroxyl groups is 1. The number of aromatic nitrogens is 1. The van der Waals surface area contributed by atoms with Crippen molar-refractivity contribution in [3.63, 3.8) is 0 Å². The normalized spacial score (nSPS) is 20.0. The maximum Gasteiger partial charge on any atom is 0.253 e. The SMILES string of the molecule is O=C(NC1c2ccccc2CC1O)c1cccc2cc[nH]c12. The molecule has 4 heteroatoms. The highest BCUT2D eigenvalue weighted by molar-refractivity contribution is 6.05. The predicted octanol–water partition coefficient (Wildman–Crippen LogP) is 2.56. The minimum absolute atomic E-state index is 0.172. The summed E-state index contributed by atoms with van der Waals surface area (Å²) in [5, 5.41) is 14.2. The van der Waals surface area contributed by atoms with Gasteiger partial charge in [-0.25, -0.2) is 0 Å². The van der Waals surface area contributed by atoms with Crippen molar-refractivity contribution in [2.45, 2.75) is 18.6 Å². The van der Waals surface area contributed by atoms with E-state index in [2.05, 4.69) is 10.3 Å². The molecule has 0 bridgehead atoms. The van der Waals surface area contributed by atoms with Gasteiger partial charge in [0.05, 0.1) is 23.2 Å². The zero-order valence-electron chi connectivity index (χ0n) is 11.9. The molecule has 3 aromatic rings. The Morgan fingerprint density at radius 1 is 1.14 bits per heavy atom. The Bertz CT molecular complexity index is 853. The first-order chi connectivity index (χ1) is 10.7. The number of para-hydroxylation sites is 1. The first-order valence-corrected chi connectivity index (χ1v) is 7.37. The van der Waals surface area contributed by atoms with Crippen molar-refractivity contribution in [2.24, 2.45) is 0 Å². The van der Waals surface area contributed by atoms with Gasteiger partial charge < -0.3 is 15.4 Å². The molecule has 2 aromatic carbocycles. The molecule has 2 atom stereocenters. The second-order valence-electron chi connectivity index (χ2n) is 5.67. The van der Waals surface area contributed by atoms with Crippen LogP contribution in [0, 0.1) is 0 Å². The number of nitrogens with one attached hydrogen (secondary N) is 2. The number of carbonyl (C=O) groups excluding carboxylic acids is 1. The molecule has 1 aromatic heterocycles. The molecule has 4 nitrogen and oxygen atoms in total. The van der Waals surface area contributed by atoms with Gasteiger partial charge in [0.1, 0.15) is 0 Å². The van der Waals surface area contributed by atoms with Gasteiger partial charge in [0.25, 0.3) is 5.91 Å². The van der Waals surface area contributed by atoms with Crippen LogP contribution in [0.1, 0.15) is 27.5 Å². The van der Waals surface area contributed by atoms with Crippen LogP contribution in [-0.2, 0) is 6.42 Å². The third-order valence-electron chi connectivity index (χ3n) is 4.32. The molecule has 0 saturated carbocycles. The van der Waals surface area contributed by atoms with Crippen molar-refractivity contribution in [3.8, 4) is 0 Å². The number of amides is 1. The highest BCUT2D eigenvalue weighted by atomic mass is 16.3. The number of rotatable bonds is 2. The molecule has 1 aliphatic rings. The largest absolute Gasteiger partial charge is 0.390 e. The first kappa shape index (κ1) is 13.1. The Morgan fingerprint density at radius 3 is 2.91 bits per heavy atom. The van der Waals surface area contributed by atoms with Crippen LogP contribution in [0.25, 0.3) is 10.9 Å². The molecular formula is C18H16N2O2. The summed E-state index contributed by atoms with van der Waals surface area (Å²) in [6.45, 7) is 0. The molecule has 2 unspecified atom stereocenters. The van der Waals surface area contributed by atoms with Crippen molar-refractivity contribution in [1.29, 1.82) is 0 Å². The van der Waals surface area contributed by atoms with E-state index in [9.17, 15) is 9.90 Å². The van der Waals surface area contributed by atoms with E-state index in [0.717, 1.165) is 22.0 Å². The van der Waals surface area contributed by atoms with E-state index >= 15 is 0 Å². The lowest BCUT2D eigenvalue weighted by Gasteiger charge is -2.18. The summed E-state index contributed by atoms with van der Waals surface area (Å²) in [4.78, 5) is 15.7. The zero-order chi connectivity index (χ0) is 15.1. The van der Waals surface area contributed by atoms with Gasteiger partial charge in [-0.15, -0.1) is 0 Å². The molecule has 4 rings (SSSR count). The van der Waals surface area contributed by atoms with E-state index in [0.29, 0.717) is 12.0 Å². The van der Waals surface area contributed by atoms with Crippen LogP contribution >= 0.6 is 0 Å². The smallest absolute Gasteiger partial charge is 0.253 e. The number of hydrogen-bond donors (Lipinski definition) is 3. The van der Waals surface area contributed by atoms with Crippen molar-refractivity contribution >= 4 is 16.8 Å². The number of carbonyl (C=O) groups is 1. The van der Waals surface area contributed by atoms with E-state index in [1.807, 2.05) is 48.7 Å². The fraction of sp³-hybridized carbons (Fsp3) is 0.167. The number of H-pyrrole nitrogens is 1. The lowest BCUT2D eigenvalue weighted by atomic mass is 10.1. The fourth-order valence-electron chi connectivity index (χ4n) is 3.24. The summed E-state index contributed by atoms with van der Waals surface area (Å²) < 4.78 is 0. The Hall–Kier alpha value is -2.59. The monoisotopic (exact) mass is 292 g/mol. The highest BCUT2D eigenvalue weighted by Gasteiger charge is 2.32. The molecule has 1 heterocycles. The summed E-state index contributed by atoms with van der Waals surface area (Å²) in [6.07, 6.45) is 1.82. The van der Waals surface area contributed by atoms with Crippen molar-refractivity contribution in [3.05, 3.63) is 71.4 Å². The Kier molecular flexibility index (Phi) is 2.98. The van der Waals surface area contributed by atoms with Crippen LogP contribution in [0.15, 0.2) is 54.7 Å². The maximum atomic E-state index is 12.6. The van der Waals surface area contributed by atoms with Gasteiger partial charge in [-0.1, -0.05) is 36.4 Å². The molecule has 0 saturated heterocycles. The van der Waals surface area contributed by atoms with Gasteiger partial charge in [0.2, 0.25) is 0 Å². The fourth-order valence-corrected chi connectivity index (χ4v) is 3.24. The maximum absolute atomic E-state index is 12.6. The van der Waals surface area contributed by atoms with Crippen LogP contribution in [0.5, 0.6) is 0 Å². The average Bonchev–Trinajstić information content (AvgIpc) is 3.12. The summed E-state index contributed by atoms with van der Waals surface area (Å²) in [7, 11) is 0. The van der Waals surface area contributed by atoms with Gasteiger partial charge >= 0.3 is 0 Å². The van der Waals surface area contributed by atoms with Crippen molar-refractivity contribution in [1.82, 2.24) is 10.3 Å². The third kappa shape index (κ3) is 2.00. The minimum Gasteiger partial charge on any atom is -0.390 e. The van der Waals surface area contributed by atoms with E-state index in [1.54, 1.807) is 6.07 Å². The second kappa shape index (κ2) is 5.00. The topological polar surface area (TPSA) is 65.1 Å². The second-order valence-corrected chi connectivity index (χ2v) is 5.67. The summed E-state index contributed by atoms with van der Waals surface area (Å²) >= 11 is 0. The number of hydrogen-bond acceptors (Lipinski definition) is 2. The van der Waals surface area contributed by atoms with Gasteiger partial charge in [-0.2, -0.15) is 0 Å². The molecule has 0 spiro atoms. The number of aromatic amines is 1. The third-order valence-corrected chi connectivity index (χ3v) is 4.32. The van der Waals surface area contributed by atoms with Gasteiger partial charge in [-0.3, -0.25) is 4.79 Å². The van der Waals surface area contributed by atoms with Crippen LogP contribution in [-0.4, -0.2) is 22.1 Å². The Labute approximate surface area is 127 Å². The lowest BCUT2D eigenvalue weighted by Crippen LogP contribution is -2.34. The predicted molar refractivity (Wildman–Crippen MR) is 84.7 cm³/mol. The number of aliphatic hydroxyl groups excluding tert-OH is 1. The summed E-state index contributed by atoms with van der Waals surface area (Å²) in [6, 6.07) is 15.0. The molecule has 0 fully saturated rings. The van der Waals surface area contributed by atoms with Crippen molar-refractivity contribution < 1.29 is 9.90 Å². The molecule has 1 amide bonds. The van der Waals surface area contributed by atoms with E-state index in [4.69, 9.17) is 0 Å². The number of benzene rings is 2. The van der Waals surface area contributed by atoms with Gasteiger partial charge in [0, 0.05) is 18.0 Å². The molecular weight excluding hydrogens is 276 g/mol. The van der Waals surface area contributed by atoms with Gasteiger partial charge in [-0.05, 0) is 23.3 Å². The van der Waals surface area contributed by atoms with E-state index < -0.39 is 6.10 Å². The van der Waals surface area contributed by atoms with Crippen molar-refractivity contribution in [2.75, 3.05) is 0 Å². The molecule has 3 N–H and O–H groups in total.